The van der Waals surface area contributed by atoms with Crippen LogP contribution in [0, 0.1) is 0 Å². The van der Waals surface area contributed by atoms with Crippen LogP contribution < -0.4 is 0 Å². The molecule has 1 aliphatic carbocycles. The molecule has 0 spiro atoms. The van der Waals surface area contributed by atoms with Crippen molar-refractivity contribution < 1.29 is 0 Å². The van der Waals surface area contributed by atoms with Gasteiger partial charge in [0.25, 0.3) is 0 Å². The van der Waals surface area contributed by atoms with Gasteiger partial charge in [0.15, 0.2) is 0 Å². The molecular weight excluding hydrogens is 763 g/mol. The third-order valence-electron chi connectivity index (χ3n) is 12.5. The number of hydrogen-bond donors (Lipinski definition) is 0. The maximum atomic E-state index is 5.48. The Morgan fingerprint density at radius 3 is 2.10 bits per heavy atom. The summed E-state index contributed by atoms with van der Waals surface area (Å²) < 4.78 is 5.77. The minimum absolute atomic E-state index is 0.660. The first-order valence-corrected chi connectivity index (χ1v) is 21.6. The second-order valence-corrected chi connectivity index (χ2v) is 17.0. The van der Waals surface area contributed by atoms with E-state index in [0.29, 0.717) is 5.95 Å². The van der Waals surface area contributed by atoms with E-state index in [2.05, 4.69) is 190 Å². The summed E-state index contributed by atoms with van der Waals surface area (Å²) in [6.45, 7) is 0. The molecule has 0 unspecified atom stereocenters. The number of rotatable bonds is 5. The average molecular weight is 798 g/mol. The molecule has 0 amide bonds. The van der Waals surface area contributed by atoms with Crippen molar-refractivity contribution in [2.24, 2.45) is 0 Å². The highest BCUT2D eigenvalue weighted by Crippen LogP contribution is 2.45. The van der Waals surface area contributed by atoms with Crippen LogP contribution >= 0.6 is 11.3 Å². The topological polar surface area (TPSA) is 48.5 Å². The maximum absolute atomic E-state index is 5.48. The van der Waals surface area contributed by atoms with Crippen molar-refractivity contribution in [3.8, 4) is 44.5 Å². The van der Waals surface area contributed by atoms with E-state index in [0.717, 1.165) is 56.4 Å². The SMILES string of the molecule is C1=Cc2c(ccc3c2c2c(-c4ccc5c(c4)c4cc6ccccc6cc4n5-c4nc(-c5ccccc5)c5sc(-c6ccccc6)cc5n4)cccc2n3-c2ccncc2)CC1. The van der Waals surface area contributed by atoms with Crippen molar-refractivity contribution in [1.29, 1.82) is 0 Å². The van der Waals surface area contributed by atoms with E-state index in [4.69, 9.17) is 9.97 Å². The molecule has 13 rings (SSSR count). The number of allylic oxidation sites excluding steroid dienone is 1. The fourth-order valence-electron chi connectivity index (χ4n) is 9.72. The van der Waals surface area contributed by atoms with Crippen LogP contribution in [-0.2, 0) is 6.42 Å². The number of thiophene rings is 1. The summed E-state index contributed by atoms with van der Waals surface area (Å²) in [7, 11) is 0. The largest absolute Gasteiger partial charge is 0.309 e. The molecular formula is C55H35N5S. The molecule has 0 saturated carbocycles. The van der Waals surface area contributed by atoms with Gasteiger partial charge >= 0.3 is 0 Å². The van der Waals surface area contributed by atoms with Crippen molar-refractivity contribution in [2.45, 2.75) is 12.8 Å². The normalized spacial score (nSPS) is 12.7. The van der Waals surface area contributed by atoms with Gasteiger partial charge in [0.1, 0.15) is 0 Å². The van der Waals surface area contributed by atoms with Crippen LogP contribution in [0.15, 0.2) is 182 Å². The van der Waals surface area contributed by atoms with Gasteiger partial charge in [-0.3, -0.25) is 9.55 Å². The predicted octanol–water partition coefficient (Wildman–Crippen LogP) is 14.4. The van der Waals surface area contributed by atoms with Gasteiger partial charge in [-0.2, -0.15) is 0 Å². The second-order valence-electron chi connectivity index (χ2n) is 15.9. The standard InChI is InChI=1S/C55H35N5S/c1-3-13-35(14-4-1)50-33-45-54(61-50)53(36-15-5-2-6-16-36)58-55(57-45)60-46-24-23-39(31-43(46)44-30-37-17-7-8-18-38(37)32-49(44)60)42-20-11-21-47-52(42)51-41-19-10-9-12-34(41)22-25-48(51)59(47)40-26-28-56-29-27-40/h1-8,10-11,13-33H,9,12H2. The van der Waals surface area contributed by atoms with Gasteiger partial charge in [-0.05, 0) is 106 Å². The first kappa shape index (κ1) is 34.2. The van der Waals surface area contributed by atoms with Crippen LogP contribution in [0.3, 0.4) is 0 Å². The Hall–Kier alpha value is -7.67. The van der Waals surface area contributed by atoms with Crippen molar-refractivity contribution in [3.63, 3.8) is 0 Å². The van der Waals surface area contributed by atoms with Crippen LogP contribution in [0.2, 0.25) is 0 Å². The van der Waals surface area contributed by atoms with E-state index in [1.807, 2.05) is 12.4 Å². The summed E-state index contributed by atoms with van der Waals surface area (Å²) in [6, 6.07) is 59.2. The van der Waals surface area contributed by atoms with Crippen molar-refractivity contribution in [2.75, 3.05) is 0 Å². The van der Waals surface area contributed by atoms with Crippen molar-refractivity contribution >= 4 is 82.0 Å². The number of hydrogen-bond acceptors (Lipinski definition) is 4. The number of benzene rings is 7. The van der Waals surface area contributed by atoms with Gasteiger partial charge < -0.3 is 4.57 Å². The summed E-state index contributed by atoms with van der Waals surface area (Å²) >= 11 is 1.75. The fourth-order valence-corrected chi connectivity index (χ4v) is 10.8. The van der Waals surface area contributed by atoms with Gasteiger partial charge in [0, 0.05) is 50.1 Å². The summed E-state index contributed by atoms with van der Waals surface area (Å²) in [5.41, 5.74) is 14.9. The van der Waals surface area contributed by atoms with E-state index < -0.39 is 0 Å². The number of pyridine rings is 1. The van der Waals surface area contributed by atoms with Crippen molar-refractivity contribution in [1.82, 2.24) is 24.1 Å². The van der Waals surface area contributed by atoms with E-state index in [1.54, 1.807) is 11.3 Å². The summed E-state index contributed by atoms with van der Waals surface area (Å²) in [5, 5.41) is 7.27. The van der Waals surface area contributed by atoms with E-state index in [-0.39, 0.29) is 0 Å². The van der Waals surface area contributed by atoms with Gasteiger partial charge in [0.05, 0.1) is 38.0 Å². The van der Waals surface area contributed by atoms with E-state index in [9.17, 15) is 0 Å². The Morgan fingerprint density at radius 2 is 1.26 bits per heavy atom. The molecule has 0 radical (unpaired) electrons. The smallest absolute Gasteiger partial charge is 0.235 e. The Kier molecular flexibility index (Phi) is 7.53. The number of aryl methyl sites for hydroxylation is 1. The van der Waals surface area contributed by atoms with Gasteiger partial charge in [0.2, 0.25) is 5.95 Å². The Bertz CT molecular complexity index is 3750. The lowest BCUT2D eigenvalue weighted by molar-refractivity contribution is 0.989. The zero-order chi connectivity index (χ0) is 40.0. The summed E-state index contributed by atoms with van der Waals surface area (Å²) in [4.78, 5) is 16.4. The molecule has 0 saturated heterocycles. The first-order valence-electron chi connectivity index (χ1n) is 20.8. The molecule has 61 heavy (non-hydrogen) atoms. The monoisotopic (exact) mass is 797 g/mol. The molecule has 5 nitrogen and oxygen atoms in total. The Balaban J connectivity index is 1.10. The highest BCUT2D eigenvalue weighted by molar-refractivity contribution is 7.22. The molecule has 0 atom stereocenters. The van der Waals surface area contributed by atoms with Crippen molar-refractivity contribution in [3.05, 3.63) is 193 Å². The second kappa shape index (κ2) is 13.4. The predicted molar refractivity (Wildman–Crippen MR) is 255 cm³/mol. The number of fused-ring (bicyclic) bond motifs is 10. The van der Waals surface area contributed by atoms with Gasteiger partial charge in [-0.25, -0.2) is 9.97 Å². The average Bonchev–Trinajstić information content (AvgIpc) is 4.01. The quantitative estimate of drug-likeness (QED) is 0.174. The molecule has 0 bridgehead atoms. The Morgan fingerprint density at radius 1 is 0.525 bits per heavy atom. The van der Waals surface area contributed by atoms with Crippen LogP contribution in [0.4, 0.5) is 0 Å². The van der Waals surface area contributed by atoms with Crippen LogP contribution in [-0.4, -0.2) is 24.1 Å². The van der Waals surface area contributed by atoms with Crippen LogP contribution in [0.1, 0.15) is 17.5 Å². The first-order chi connectivity index (χ1) is 30.2. The molecule has 6 heteroatoms. The highest BCUT2D eigenvalue weighted by atomic mass is 32.1. The molecule has 0 N–H and O–H groups in total. The van der Waals surface area contributed by atoms with E-state index in [1.165, 1.54) is 70.7 Å². The molecule has 12 aromatic rings. The molecule has 286 valence electrons. The maximum Gasteiger partial charge on any atom is 0.235 e. The third kappa shape index (κ3) is 5.29. The lowest BCUT2D eigenvalue weighted by Crippen LogP contribution is -2.02. The molecule has 0 aliphatic heterocycles. The fraction of sp³-hybridized carbons (Fsp3) is 0.0364. The highest BCUT2D eigenvalue weighted by Gasteiger charge is 2.23. The summed E-state index contributed by atoms with van der Waals surface area (Å²) in [6.07, 6.45) is 10.5. The minimum Gasteiger partial charge on any atom is -0.309 e. The lowest BCUT2D eigenvalue weighted by atomic mass is 9.91. The zero-order valence-corrected chi connectivity index (χ0v) is 33.8. The molecule has 7 aromatic carbocycles. The third-order valence-corrected chi connectivity index (χ3v) is 13.7. The zero-order valence-electron chi connectivity index (χ0n) is 33.0. The lowest BCUT2D eigenvalue weighted by Gasteiger charge is -2.13. The Labute approximate surface area is 355 Å². The molecule has 5 heterocycles. The summed E-state index contributed by atoms with van der Waals surface area (Å²) in [5.74, 6) is 0.660. The number of aromatic nitrogens is 5. The minimum atomic E-state index is 0.660. The van der Waals surface area contributed by atoms with Gasteiger partial charge in [-0.1, -0.05) is 121 Å². The number of nitrogens with zero attached hydrogens (tertiary/aromatic N) is 5. The molecule has 1 aliphatic rings. The van der Waals surface area contributed by atoms with Crippen LogP contribution in [0.25, 0.3) is 115 Å². The molecule has 0 fully saturated rings. The van der Waals surface area contributed by atoms with Gasteiger partial charge in [-0.15, -0.1) is 11.3 Å². The molecule has 5 aromatic heterocycles. The van der Waals surface area contributed by atoms with Crippen LogP contribution in [0.5, 0.6) is 0 Å². The van der Waals surface area contributed by atoms with E-state index >= 15 is 0 Å².